The van der Waals surface area contributed by atoms with E-state index in [0.29, 0.717) is 17.9 Å². The number of aliphatic imine (C=N–C) groups is 1. The summed E-state index contributed by atoms with van der Waals surface area (Å²) < 4.78 is 20.0. The van der Waals surface area contributed by atoms with Gasteiger partial charge in [0.25, 0.3) is 0 Å². The third kappa shape index (κ3) is 7.13. The number of hydrogen-bond acceptors (Lipinski definition) is 8. The van der Waals surface area contributed by atoms with E-state index < -0.39 is 26.4 Å². The van der Waals surface area contributed by atoms with E-state index in [9.17, 15) is 14.5 Å². The van der Waals surface area contributed by atoms with Gasteiger partial charge in [0.15, 0.2) is 0 Å². The molecule has 11 heteroatoms. The minimum Gasteiger partial charge on any atom is -0.505 e. The molecule has 0 radical (unpaired) electrons. The highest BCUT2D eigenvalue weighted by Gasteiger charge is 2.20. The first kappa shape index (κ1) is 21.6. The summed E-state index contributed by atoms with van der Waals surface area (Å²) in [6.07, 6.45) is 4.93. The molecule has 0 fully saturated rings. The molecule has 0 aliphatic heterocycles. The Labute approximate surface area is 149 Å². The molecule has 1 heterocycles. The molecule has 0 spiro atoms. The highest BCUT2D eigenvalue weighted by molar-refractivity contribution is 7.98. The topological polar surface area (TPSA) is 139 Å². The molecule has 25 heavy (non-hydrogen) atoms. The number of thioether (sulfide) groups is 1. The number of aromatic hydroxyl groups is 1. The molecule has 9 nitrogen and oxygen atoms in total. The van der Waals surface area contributed by atoms with Gasteiger partial charge in [0.05, 0.1) is 19.4 Å². The van der Waals surface area contributed by atoms with Gasteiger partial charge >= 0.3 is 13.8 Å². The van der Waals surface area contributed by atoms with Crippen LogP contribution in [0.15, 0.2) is 11.2 Å². The molecule has 0 bridgehead atoms. The number of ether oxygens (including phenoxy) is 1. The Morgan fingerprint density at radius 2 is 2.20 bits per heavy atom. The summed E-state index contributed by atoms with van der Waals surface area (Å²) in [6, 6.07) is -0.749. The number of aromatic nitrogens is 1. The highest BCUT2D eigenvalue weighted by Crippen LogP contribution is 2.37. The van der Waals surface area contributed by atoms with Crippen LogP contribution in [0.4, 0.5) is 0 Å². The van der Waals surface area contributed by atoms with Crippen LogP contribution in [0.3, 0.4) is 0 Å². The van der Waals surface area contributed by atoms with Crippen molar-refractivity contribution >= 4 is 31.8 Å². The first-order valence-electron chi connectivity index (χ1n) is 7.17. The number of hydrogen-bond donors (Lipinski definition) is 3. The SMILES string of the molecule is COC(=O)[C@H](CCSC)N=Cc1c(COP(=O)(O)O)cnc(C)c1O. The molecule has 1 atom stereocenters. The van der Waals surface area contributed by atoms with E-state index in [0.717, 1.165) is 0 Å². The fourth-order valence-corrected chi connectivity index (χ4v) is 2.61. The lowest BCUT2D eigenvalue weighted by molar-refractivity contribution is -0.142. The van der Waals surface area contributed by atoms with Crippen LogP contribution in [-0.2, 0) is 25.2 Å². The second-order valence-corrected chi connectivity index (χ2v) is 7.22. The minimum absolute atomic E-state index is 0.180. The Hall–Kier alpha value is -1.45. The van der Waals surface area contributed by atoms with Crippen LogP contribution in [0.25, 0.3) is 0 Å². The van der Waals surface area contributed by atoms with Crippen molar-refractivity contribution in [3.05, 3.63) is 23.0 Å². The maximum Gasteiger partial charge on any atom is 0.469 e. The standard InChI is InChI=1S/C14H21N2O7PS/c1-9-13(17)11(10(6-15-9)8-23-24(19,20)21)7-16-12(4-5-25-3)14(18)22-2/h6-7,12,17H,4-5,8H2,1-3H3,(H2,19,20,21)/t12-/m0/s1. The number of carbonyl (C=O) groups is 1. The number of nitrogens with zero attached hydrogens (tertiary/aromatic N) is 2. The van der Waals surface area contributed by atoms with Crippen molar-refractivity contribution in [1.82, 2.24) is 4.98 Å². The summed E-state index contributed by atoms with van der Waals surface area (Å²) >= 11 is 1.55. The number of carbonyl (C=O) groups excluding carboxylic acids is 1. The number of rotatable bonds is 9. The van der Waals surface area contributed by atoms with E-state index >= 15 is 0 Å². The average Bonchev–Trinajstić information content (AvgIpc) is 2.55. The van der Waals surface area contributed by atoms with Crippen LogP contribution in [0.5, 0.6) is 5.75 Å². The summed E-state index contributed by atoms with van der Waals surface area (Å²) in [6.45, 7) is 1.09. The Bertz CT molecular complexity index is 677. The zero-order chi connectivity index (χ0) is 19.0. The molecule has 0 aliphatic rings. The van der Waals surface area contributed by atoms with Crippen molar-refractivity contribution in [3.63, 3.8) is 0 Å². The quantitative estimate of drug-likeness (QED) is 0.323. The summed E-state index contributed by atoms with van der Waals surface area (Å²) in [7, 11) is -3.42. The molecule has 0 saturated heterocycles. The fourth-order valence-electron chi connectivity index (χ4n) is 1.85. The summed E-state index contributed by atoms with van der Waals surface area (Å²) in [5.74, 6) is -0.0280. The van der Waals surface area contributed by atoms with Crippen LogP contribution in [0, 0.1) is 6.92 Å². The zero-order valence-electron chi connectivity index (χ0n) is 14.1. The van der Waals surface area contributed by atoms with Crippen molar-refractivity contribution in [2.45, 2.75) is 26.0 Å². The summed E-state index contributed by atoms with van der Waals surface area (Å²) in [5.41, 5.74) is 0.711. The largest absolute Gasteiger partial charge is 0.505 e. The predicted octanol–water partition coefficient (Wildman–Crippen LogP) is 1.42. The van der Waals surface area contributed by atoms with Gasteiger partial charge in [-0.15, -0.1) is 0 Å². The fraction of sp³-hybridized carbons (Fsp3) is 0.500. The van der Waals surface area contributed by atoms with Gasteiger partial charge in [-0.3, -0.25) is 14.5 Å². The van der Waals surface area contributed by atoms with E-state index in [1.165, 1.54) is 19.5 Å². The van der Waals surface area contributed by atoms with Crippen molar-refractivity contribution in [3.8, 4) is 5.75 Å². The van der Waals surface area contributed by atoms with Crippen LogP contribution in [-0.4, -0.2) is 57.2 Å². The lowest BCUT2D eigenvalue weighted by atomic mass is 10.1. The second-order valence-electron chi connectivity index (χ2n) is 4.99. The van der Waals surface area contributed by atoms with Crippen molar-refractivity contribution in [2.24, 2.45) is 4.99 Å². The molecule has 0 aliphatic carbocycles. The lowest BCUT2D eigenvalue weighted by Gasteiger charge is -2.12. The smallest absolute Gasteiger partial charge is 0.469 e. The van der Waals surface area contributed by atoms with Gasteiger partial charge in [-0.2, -0.15) is 11.8 Å². The molecule has 0 aromatic carbocycles. The zero-order valence-corrected chi connectivity index (χ0v) is 15.8. The first-order chi connectivity index (χ1) is 11.7. The molecule has 0 amide bonds. The Kier molecular flexibility index (Phi) is 8.54. The van der Waals surface area contributed by atoms with Gasteiger partial charge in [-0.05, 0) is 25.4 Å². The van der Waals surface area contributed by atoms with Gasteiger partial charge in [-0.1, -0.05) is 0 Å². The number of methoxy groups -OCH3 is 1. The van der Waals surface area contributed by atoms with E-state index in [1.807, 2.05) is 6.26 Å². The minimum atomic E-state index is -4.68. The molecule has 3 N–H and O–H groups in total. The maximum absolute atomic E-state index is 11.8. The van der Waals surface area contributed by atoms with E-state index in [-0.39, 0.29) is 16.9 Å². The van der Waals surface area contributed by atoms with Crippen LogP contribution < -0.4 is 0 Å². The molecule has 140 valence electrons. The summed E-state index contributed by atoms with van der Waals surface area (Å²) in [5, 5.41) is 10.2. The van der Waals surface area contributed by atoms with Gasteiger partial charge in [0, 0.05) is 23.5 Å². The Morgan fingerprint density at radius 1 is 1.52 bits per heavy atom. The predicted molar refractivity (Wildman–Crippen MR) is 93.9 cm³/mol. The molecular formula is C14H21N2O7PS. The molecule has 1 rings (SSSR count). The van der Waals surface area contributed by atoms with Crippen LogP contribution in [0.1, 0.15) is 23.2 Å². The van der Waals surface area contributed by atoms with Gasteiger partial charge < -0.3 is 19.6 Å². The molecule has 0 unspecified atom stereocenters. The number of esters is 1. The lowest BCUT2D eigenvalue weighted by Crippen LogP contribution is -2.21. The van der Waals surface area contributed by atoms with Crippen molar-refractivity contribution < 1.29 is 33.5 Å². The highest BCUT2D eigenvalue weighted by atomic mass is 32.2. The average molecular weight is 392 g/mol. The van der Waals surface area contributed by atoms with Crippen LogP contribution in [0.2, 0.25) is 0 Å². The molecule has 1 aromatic rings. The van der Waals surface area contributed by atoms with Gasteiger partial charge in [0.1, 0.15) is 11.8 Å². The first-order valence-corrected chi connectivity index (χ1v) is 10.1. The van der Waals surface area contributed by atoms with Crippen LogP contribution >= 0.6 is 19.6 Å². The second kappa shape index (κ2) is 9.88. The van der Waals surface area contributed by atoms with Gasteiger partial charge in [0.2, 0.25) is 0 Å². The van der Waals surface area contributed by atoms with Gasteiger partial charge in [-0.25, -0.2) is 9.36 Å². The maximum atomic E-state index is 11.8. The Morgan fingerprint density at radius 3 is 2.76 bits per heavy atom. The van der Waals surface area contributed by atoms with E-state index in [4.69, 9.17) is 14.5 Å². The molecule has 0 saturated carbocycles. The molecular weight excluding hydrogens is 371 g/mol. The Balaban J connectivity index is 3.13. The van der Waals surface area contributed by atoms with Crippen molar-refractivity contribution in [1.29, 1.82) is 0 Å². The number of phosphoric acid groups is 1. The summed E-state index contributed by atoms with van der Waals surface area (Å²) in [4.78, 5) is 37.5. The number of phosphoric ester groups is 1. The number of aryl methyl sites for hydroxylation is 1. The van der Waals surface area contributed by atoms with Crippen molar-refractivity contribution in [2.75, 3.05) is 19.1 Å². The van der Waals surface area contributed by atoms with E-state index in [2.05, 4.69) is 14.5 Å². The monoisotopic (exact) mass is 392 g/mol. The van der Waals surface area contributed by atoms with E-state index in [1.54, 1.807) is 18.7 Å². The third-order valence-electron chi connectivity index (χ3n) is 3.20. The third-order valence-corrected chi connectivity index (χ3v) is 4.31. The normalized spacial score (nSPS) is 13.2. The number of pyridine rings is 1. The molecule has 1 aromatic heterocycles.